The third kappa shape index (κ3) is 6.76. The van der Waals surface area contributed by atoms with E-state index in [4.69, 9.17) is 0 Å². The molecule has 1 saturated heterocycles. The highest BCUT2D eigenvalue weighted by Gasteiger charge is 2.24. The van der Waals surface area contributed by atoms with Crippen LogP contribution in [0.15, 0.2) is 88.6 Å². The van der Waals surface area contributed by atoms with Crippen LogP contribution < -0.4 is 15.6 Å². The molecular formula is C33H39N5O4S. The van der Waals surface area contributed by atoms with E-state index in [1.807, 2.05) is 24.3 Å². The summed E-state index contributed by atoms with van der Waals surface area (Å²) in [7, 11) is -2.47. The lowest BCUT2D eigenvalue weighted by molar-refractivity contribution is 0.0950. The zero-order valence-corrected chi connectivity index (χ0v) is 25.9. The molecule has 0 aliphatic carbocycles. The first-order chi connectivity index (χ1) is 20.5. The number of carbonyl (C=O) groups excluding carboxylic acids is 1. The Morgan fingerprint density at radius 1 is 0.907 bits per heavy atom. The summed E-state index contributed by atoms with van der Waals surface area (Å²) in [5.41, 5.74) is 2.95. The van der Waals surface area contributed by atoms with Crippen molar-refractivity contribution in [2.45, 2.75) is 45.2 Å². The molecular weight excluding hydrogens is 562 g/mol. The maximum Gasteiger partial charge on any atom is 0.296 e. The second kappa shape index (κ2) is 12.6. The Balaban J connectivity index is 1.30. The van der Waals surface area contributed by atoms with Gasteiger partial charge in [0.25, 0.3) is 21.5 Å². The summed E-state index contributed by atoms with van der Waals surface area (Å²) < 4.78 is 32.2. The van der Waals surface area contributed by atoms with Crippen LogP contribution in [0.25, 0.3) is 5.69 Å². The van der Waals surface area contributed by atoms with Crippen molar-refractivity contribution in [1.82, 2.24) is 19.6 Å². The zero-order valence-electron chi connectivity index (χ0n) is 25.1. The van der Waals surface area contributed by atoms with Crippen molar-refractivity contribution in [2.24, 2.45) is 18.9 Å². The van der Waals surface area contributed by atoms with Gasteiger partial charge in [0.15, 0.2) is 0 Å². The van der Waals surface area contributed by atoms with Gasteiger partial charge < -0.3 is 5.32 Å². The molecule has 2 heterocycles. The van der Waals surface area contributed by atoms with Crippen LogP contribution in [-0.2, 0) is 30.2 Å². The molecule has 9 nitrogen and oxygen atoms in total. The molecule has 43 heavy (non-hydrogen) atoms. The molecule has 1 aliphatic heterocycles. The lowest BCUT2D eigenvalue weighted by Gasteiger charge is -2.35. The highest BCUT2D eigenvalue weighted by atomic mass is 32.2. The Hall–Kier alpha value is -4.15. The van der Waals surface area contributed by atoms with Gasteiger partial charge in [-0.05, 0) is 66.6 Å². The van der Waals surface area contributed by atoms with Crippen LogP contribution in [0.2, 0.25) is 0 Å². The first-order valence-corrected chi connectivity index (χ1v) is 16.1. The summed E-state index contributed by atoms with van der Waals surface area (Å²) >= 11 is 0. The van der Waals surface area contributed by atoms with Gasteiger partial charge in [-0.1, -0.05) is 62.4 Å². The number of nitrogens with one attached hydrogen (secondary N) is 2. The third-order valence-corrected chi connectivity index (χ3v) is 9.44. The molecule has 0 saturated carbocycles. The van der Waals surface area contributed by atoms with Crippen molar-refractivity contribution >= 4 is 21.6 Å². The quantitative estimate of drug-likeness (QED) is 0.290. The molecule has 2 N–H and O–H groups in total. The Bertz CT molecular complexity index is 1770. The fourth-order valence-corrected chi connectivity index (χ4v) is 7.17. The van der Waals surface area contributed by atoms with Crippen LogP contribution in [0, 0.1) is 18.8 Å². The summed E-state index contributed by atoms with van der Waals surface area (Å²) in [5.74, 6) is 0.933. The Kier molecular flexibility index (Phi) is 8.89. The van der Waals surface area contributed by atoms with Gasteiger partial charge in [0, 0.05) is 38.8 Å². The number of rotatable bonds is 9. The molecule has 1 aliphatic rings. The SMILES string of the molecule is Cc1c(NS(=O)(=O)c2cccc(C(=O)NCc3ccccc3CN3CC(C)CC(C)C3)c2)c(=O)n(-c2ccccc2)n1C. The number of para-hydroxylation sites is 1. The highest BCUT2D eigenvalue weighted by molar-refractivity contribution is 7.92. The first-order valence-electron chi connectivity index (χ1n) is 14.6. The van der Waals surface area contributed by atoms with Gasteiger partial charge in [-0.15, -0.1) is 0 Å². The van der Waals surface area contributed by atoms with Crippen LogP contribution in [0.5, 0.6) is 0 Å². The van der Waals surface area contributed by atoms with E-state index in [9.17, 15) is 18.0 Å². The molecule has 3 aromatic carbocycles. The number of amides is 1. The maximum atomic E-state index is 13.4. The molecule has 0 bridgehead atoms. The summed E-state index contributed by atoms with van der Waals surface area (Å²) in [6.45, 7) is 9.52. The number of likely N-dealkylation sites (tertiary alicyclic amines) is 1. The fraction of sp³-hybridized carbons (Fsp3) is 0.333. The van der Waals surface area contributed by atoms with Gasteiger partial charge in [0.05, 0.1) is 16.3 Å². The molecule has 0 radical (unpaired) electrons. The summed E-state index contributed by atoms with van der Waals surface area (Å²) in [4.78, 5) is 28.8. The molecule has 0 spiro atoms. The van der Waals surface area contributed by atoms with Gasteiger partial charge in [-0.3, -0.25) is 23.9 Å². The van der Waals surface area contributed by atoms with Crippen LogP contribution in [0.3, 0.4) is 0 Å². The van der Waals surface area contributed by atoms with Crippen molar-refractivity contribution in [1.29, 1.82) is 0 Å². The largest absolute Gasteiger partial charge is 0.348 e. The molecule has 10 heteroatoms. The number of piperidine rings is 1. The minimum atomic E-state index is -4.16. The number of carbonyl (C=O) groups is 1. The highest BCUT2D eigenvalue weighted by Crippen LogP contribution is 2.24. The van der Waals surface area contributed by atoms with Crippen LogP contribution in [0.4, 0.5) is 5.69 Å². The van der Waals surface area contributed by atoms with Crippen molar-refractivity contribution in [3.63, 3.8) is 0 Å². The molecule has 1 fully saturated rings. The zero-order chi connectivity index (χ0) is 30.7. The van der Waals surface area contributed by atoms with Crippen LogP contribution >= 0.6 is 0 Å². The number of aromatic nitrogens is 2. The molecule has 2 atom stereocenters. The normalized spacial score (nSPS) is 17.5. The summed E-state index contributed by atoms with van der Waals surface area (Å²) in [5, 5.41) is 2.96. The summed E-state index contributed by atoms with van der Waals surface area (Å²) in [6, 6.07) is 22.9. The van der Waals surface area contributed by atoms with E-state index in [1.54, 1.807) is 49.0 Å². The van der Waals surface area contributed by atoms with Gasteiger partial charge in [-0.2, -0.15) is 0 Å². The van der Waals surface area contributed by atoms with E-state index in [0.717, 1.165) is 25.2 Å². The fourth-order valence-electron chi connectivity index (χ4n) is 6.01. The summed E-state index contributed by atoms with van der Waals surface area (Å²) in [6.07, 6.45) is 1.25. The monoisotopic (exact) mass is 601 g/mol. The lowest BCUT2D eigenvalue weighted by atomic mass is 9.91. The van der Waals surface area contributed by atoms with Crippen LogP contribution in [-0.4, -0.2) is 41.7 Å². The van der Waals surface area contributed by atoms with Crippen molar-refractivity contribution in [3.8, 4) is 5.69 Å². The smallest absolute Gasteiger partial charge is 0.296 e. The van der Waals surface area contributed by atoms with Gasteiger partial charge >= 0.3 is 0 Å². The number of hydrogen-bond donors (Lipinski definition) is 2. The number of hydrogen-bond acceptors (Lipinski definition) is 5. The van der Waals surface area contributed by atoms with Crippen molar-refractivity contribution in [2.75, 3.05) is 17.8 Å². The van der Waals surface area contributed by atoms with Gasteiger partial charge in [-0.25, -0.2) is 13.1 Å². The number of nitrogens with zero attached hydrogens (tertiary/aromatic N) is 3. The van der Waals surface area contributed by atoms with E-state index in [2.05, 4.69) is 34.9 Å². The average molecular weight is 602 g/mol. The minimum absolute atomic E-state index is 0.0460. The standard InChI is InChI=1S/C33H39N5O4S/c1-23-17-24(2)21-37(20-23)22-28-12-9-8-11-27(28)19-34-32(39)26-13-10-16-30(18-26)43(41,42)35-31-25(3)36(4)38(33(31)40)29-14-6-5-7-15-29/h5-16,18,23-24,35H,17,19-22H2,1-4H3,(H,34,39). The van der Waals surface area contributed by atoms with Crippen molar-refractivity contribution in [3.05, 3.63) is 112 Å². The molecule has 1 aromatic heterocycles. The van der Waals surface area contributed by atoms with Crippen LogP contribution in [0.1, 0.15) is 47.4 Å². The minimum Gasteiger partial charge on any atom is -0.348 e. The number of sulfonamides is 1. The predicted molar refractivity (Wildman–Crippen MR) is 169 cm³/mol. The topological polar surface area (TPSA) is 105 Å². The second-order valence-electron chi connectivity index (χ2n) is 11.7. The third-order valence-electron chi connectivity index (χ3n) is 8.09. The Morgan fingerprint density at radius 3 is 2.26 bits per heavy atom. The number of benzene rings is 3. The molecule has 5 rings (SSSR count). The molecule has 2 unspecified atom stereocenters. The van der Waals surface area contributed by atoms with E-state index >= 15 is 0 Å². The second-order valence-corrected chi connectivity index (χ2v) is 13.3. The van der Waals surface area contributed by atoms with E-state index < -0.39 is 15.6 Å². The number of anilines is 1. The Morgan fingerprint density at radius 2 is 1.56 bits per heavy atom. The van der Waals surface area contributed by atoms with E-state index in [1.165, 1.54) is 34.9 Å². The van der Waals surface area contributed by atoms with E-state index in [0.29, 0.717) is 29.8 Å². The van der Waals surface area contributed by atoms with Crippen molar-refractivity contribution < 1.29 is 13.2 Å². The molecule has 1 amide bonds. The predicted octanol–water partition coefficient (Wildman–Crippen LogP) is 4.69. The van der Waals surface area contributed by atoms with Gasteiger partial charge in [0.1, 0.15) is 5.69 Å². The lowest BCUT2D eigenvalue weighted by Crippen LogP contribution is -2.38. The van der Waals surface area contributed by atoms with Gasteiger partial charge in [0.2, 0.25) is 0 Å². The molecule has 4 aromatic rings. The van der Waals surface area contributed by atoms with E-state index in [-0.39, 0.29) is 22.1 Å². The average Bonchev–Trinajstić information content (AvgIpc) is 3.19. The Labute approximate surface area is 253 Å². The maximum absolute atomic E-state index is 13.4. The molecule has 226 valence electrons. The first kappa shape index (κ1) is 30.3.